The minimum atomic E-state index is -0.302. The zero-order valence-electron chi connectivity index (χ0n) is 19.9. The summed E-state index contributed by atoms with van der Waals surface area (Å²) in [4.78, 5) is 23.3. The Morgan fingerprint density at radius 1 is 1.32 bits per heavy atom. The number of carbonyl (C=O) groups excluding carboxylic acids is 2. The number of benzene rings is 1. The minimum Gasteiger partial charge on any atom is -0.400 e. The number of nitrogens with two attached hydrogens (primary N) is 1. The number of rotatable bonds is 4. The third-order valence-corrected chi connectivity index (χ3v) is 3.71. The highest BCUT2D eigenvalue weighted by Gasteiger charge is 2.27. The first-order valence-corrected chi connectivity index (χ1v) is 10.4. The fraction of sp³-hybridized carbons (Fsp3) is 0.583. The largest absolute Gasteiger partial charge is 0.400 e. The molecule has 0 aromatic heterocycles. The van der Waals surface area contributed by atoms with Crippen LogP contribution in [0.5, 0.6) is 0 Å². The summed E-state index contributed by atoms with van der Waals surface area (Å²) in [7, 11) is 1.00. The molecule has 1 fully saturated rings. The summed E-state index contributed by atoms with van der Waals surface area (Å²) >= 11 is 0. The number of hydrogen-bond acceptors (Lipinski definition) is 5. The molecule has 0 aliphatic carbocycles. The van der Waals surface area contributed by atoms with Crippen LogP contribution in [-0.4, -0.2) is 59.8 Å². The highest BCUT2D eigenvalue weighted by atomic mass is 16.3. The zero-order chi connectivity index (χ0) is 24.4. The van der Waals surface area contributed by atoms with Crippen molar-refractivity contribution in [1.82, 2.24) is 10.2 Å². The molecular formula is C24H41N3O4. The molecule has 0 radical (unpaired) electrons. The fourth-order valence-corrected chi connectivity index (χ4v) is 2.41. The lowest BCUT2D eigenvalue weighted by molar-refractivity contribution is -0.132. The monoisotopic (exact) mass is 435 g/mol. The summed E-state index contributed by atoms with van der Waals surface area (Å²) in [5, 5.41) is 18.8. The average molecular weight is 436 g/mol. The van der Waals surface area contributed by atoms with E-state index in [2.05, 4.69) is 32.0 Å². The number of aliphatic hydroxyl groups is 2. The Morgan fingerprint density at radius 2 is 1.84 bits per heavy atom. The van der Waals surface area contributed by atoms with Crippen molar-refractivity contribution in [3.05, 3.63) is 35.4 Å². The van der Waals surface area contributed by atoms with Crippen LogP contribution in [0.1, 0.15) is 58.6 Å². The lowest BCUT2D eigenvalue weighted by Gasteiger charge is -2.22. The van der Waals surface area contributed by atoms with E-state index < -0.39 is 0 Å². The van der Waals surface area contributed by atoms with Gasteiger partial charge in [-0.3, -0.25) is 9.59 Å². The molecule has 2 rings (SSSR count). The number of likely N-dealkylation sites (tertiary alicyclic amines) is 1. The van der Waals surface area contributed by atoms with Crippen molar-refractivity contribution in [3.8, 4) is 12.3 Å². The van der Waals surface area contributed by atoms with Crippen LogP contribution >= 0.6 is 0 Å². The average Bonchev–Trinajstić information content (AvgIpc) is 3.14. The van der Waals surface area contributed by atoms with E-state index in [1.165, 1.54) is 0 Å². The predicted molar refractivity (Wildman–Crippen MR) is 126 cm³/mol. The quantitative estimate of drug-likeness (QED) is 0.426. The number of aliphatic hydroxyl groups excluding tert-OH is 2. The van der Waals surface area contributed by atoms with Gasteiger partial charge in [-0.15, -0.1) is 6.42 Å². The predicted octanol–water partition coefficient (Wildman–Crippen LogP) is 1.89. The highest BCUT2D eigenvalue weighted by molar-refractivity contribution is 5.77. The Hall–Kier alpha value is -2.40. The number of terminal acetylenes is 1. The smallest absolute Gasteiger partial charge is 0.223 e. The van der Waals surface area contributed by atoms with Crippen molar-refractivity contribution in [1.29, 1.82) is 0 Å². The van der Waals surface area contributed by atoms with Crippen molar-refractivity contribution >= 4 is 12.3 Å². The van der Waals surface area contributed by atoms with Crippen LogP contribution in [0.3, 0.4) is 0 Å². The fourth-order valence-electron chi connectivity index (χ4n) is 2.41. The second kappa shape index (κ2) is 17.3. The van der Waals surface area contributed by atoms with E-state index in [4.69, 9.17) is 17.3 Å². The second-order valence-electron chi connectivity index (χ2n) is 8.60. The highest BCUT2D eigenvalue weighted by Crippen LogP contribution is 2.21. The van der Waals surface area contributed by atoms with E-state index in [0.29, 0.717) is 32.0 Å². The van der Waals surface area contributed by atoms with Gasteiger partial charge in [0, 0.05) is 38.7 Å². The first kappa shape index (κ1) is 30.8. The van der Waals surface area contributed by atoms with Crippen LogP contribution in [0.2, 0.25) is 0 Å². The normalized spacial score (nSPS) is 14.6. The second-order valence-corrected chi connectivity index (χ2v) is 8.60. The standard InChI is InChI=1S/C10H19NO2.C10H9NO.C3H9N.CH4O/c1-10(2,3)6-9(13)11-5-4-8(12)7-11;1-2-9-3-5-10(6-4-9)7-11-8-12;1-3(2)4;1-2/h8,12H,4-7H2,1-3H3;1,3-6,8H,7H2,(H,11,12);3H,4H2,1-2H3;2H,1H3. The van der Waals surface area contributed by atoms with E-state index in [-0.39, 0.29) is 17.4 Å². The molecule has 31 heavy (non-hydrogen) atoms. The SMILES string of the molecule is C#Cc1ccc(CNC=O)cc1.CC(C)(C)CC(=O)N1CCC(O)C1.CC(C)N.CO. The van der Waals surface area contributed by atoms with Gasteiger partial charge in [-0.05, 0) is 35.6 Å². The van der Waals surface area contributed by atoms with Gasteiger partial charge in [0.05, 0.1) is 6.10 Å². The zero-order valence-corrected chi connectivity index (χ0v) is 19.9. The lowest BCUT2D eigenvalue weighted by Crippen LogP contribution is -2.32. The third-order valence-electron chi connectivity index (χ3n) is 3.71. The van der Waals surface area contributed by atoms with Crippen LogP contribution in [0.15, 0.2) is 24.3 Å². The van der Waals surface area contributed by atoms with Gasteiger partial charge in [-0.1, -0.05) is 52.7 Å². The molecule has 1 aliphatic heterocycles. The van der Waals surface area contributed by atoms with Gasteiger partial charge in [0.2, 0.25) is 12.3 Å². The maximum absolute atomic E-state index is 11.6. The number of β-amino-alcohol motifs (C(OH)–C–C–N with tert-alkyl or cyclic N) is 1. The number of carbonyl (C=O) groups is 2. The third kappa shape index (κ3) is 18.1. The molecule has 1 aliphatic rings. The molecule has 1 atom stereocenters. The summed E-state index contributed by atoms with van der Waals surface area (Å²) in [6.45, 7) is 11.8. The van der Waals surface area contributed by atoms with Crippen molar-refractivity contribution in [2.75, 3.05) is 20.2 Å². The molecule has 5 N–H and O–H groups in total. The maximum atomic E-state index is 11.6. The molecule has 0 saturated carbocycles. The lowest BCUT2D eigenvalue weighted by atomic mass is 9.92. The number of nitrogens with one attached hydrogen (secondary N) is 1. The number of nitrogens with zero attached hydrogens (tertiary/aromatic N) is 1. The molecule has 7 nitrogen and oxygen atoms in total. The van der Waals surface area contributed by atoms with Crippen molar-refractivity contribution in [2.45, 2.75) is 66.2 Å². The van der Waals surface area contributed by atoms with Crippen LogP contribution in [0.25, 0.3) is 0 Å². The molecule has 1 aromatic rings. The summed E-state index contributed by atoms with van der Waals surface area (Å²) in [5.74, 6) is 2.69. The van der Waals surface area contributed by atoms with Crippen LogP contribution in [0.4, 0.5) is 0 Å². The van der Waals surface area contributed by atoms with Crippen molar-refractivity contribution in [3.63, 3.8) is 0 Å². The number of hydrogen-bond donors (Lipinski definition) is 4. The summed E-state index contributed by atoms with van der Waals surface area (Å²) in [5.41, 5.74) is 7.05. The Kier molecular flexibility index (Phi) is 17.2. The summed E-state index contributed by atoms with van der Waals surface area (Å²) < 4.78 is 0. The Labute approximate surface area is 188 Å². The van der Waals surface area contributed by atoms with Gasteiger partial charge in [-0.2, -0.15) is 0 Å². The Morgan fingerprint density at radius 3 is 2.19 bits per heavy atom. The van der Waals surface area contributed by atoms with E-state index in [1.54, 1.807) is 4.90 Å². The van der Waals surface area contributed by atoms with Gasteiger partial charge in [-0.25, -0.2) is 0 Å². The van der Waals surface area contributed by atoms with Gasteiger partial charge in [0.15, 0.2) is 0 Å². The van der Waals surface area contributed by atoms with Gasteiger partial charge in [0.25, 0.3) is 0 Å². The molecule has 176 valence electrons. The Bertz CT molecular complexity index is 644. The Balaban J connectivity index is 0. The molecular weight excluding hydrogens is 394 g/mol. The van der Waals surface area contributed by atoms with Crippen LogP contribution in [0, 0.1) is 17.8 Å². The van der Waals surface area contributed by atoms with E-state index in [0.717, 1.165) is 31.2 Å². The van der Waals surface area contributed by atoms with Gasteiger partial charge >= 0.3 is 0 Å². The van der Waals surface area contributed by atoms with E-state index in [9.17, 15) is 14.7 Å². The molecule has 0 bridgehead atoms. The first-order chi connectivity index (χ1) is 14.5. The van der Waals surface area contributed by atoms with E-state index >= 15 is 0 Å². The molecule has 0 spiro atoms. The maximum Gasteiger partial charge on any atom is 0.223 e. The molecule has 7 heteroatoms. The summed E-state index contributed by atoms with van der Waals surface area (Å²) in [6, 6.07) is 7.82. The van der Waals surface area contributed by atoms with Crippen molar-refractivity contribution in [2.24, 2.45) is 11.1 Å². The summed E-state index contributed by atoms with van der Waals surface area (Å²) in [6.07, 6.45) is 6.85. The first-order valence-electron chi connectivity index (χ1n) is 10.4. The molecule has 1 saturated heterocycles. The topological polar surface area (TPSA) is 116 Å². The van der Waals surface area contributed by atoms with E-state index in [1.807, 2.05) is 38.1 Å². The van der Waals surface area contributed by atoms with Gasteiger partial charge < -0.3 is 26.2 Å². The molecule has 1 aromatic carbocycles. The van der Waals surface area contributed by atoms with Crippen LogP contribution < -0.4 is 11.1 Å². The van der Waals surface area contributed by atoms with Crippen molar-refractivity contribution < 1.29 is 19.8 Å². The molecule has 1 heterocycles. The minimum absolute atomic E-state index is 0.0463. The molecule has 2 amide bonds. The number of amides is 2. The molecule has 1 unspecified atom stereocenters. The van der Waals surface area contributed by atoms with Crippen LogP contribution in [-0.2, 0) is 16.1 Å². The van der Waals surface area contributed by atoms with Gasteiger partial charge in [0.1, 0.15) is 0 Å².